The summed E-state index contributed by atoms with van der Waals surface area (Å²) in [5.74, 6) is -1.03. The number of nitrogens with zero attached hydrogens (tertiary/aromatic N) is 1. The van der Waals surface area contributed by atoms with Crippen LogP contribution < -0.4 is 0 Å². The third-order valence-corrected chi connectivity index (χ3v) is 1.55. The van der Waals surface area contributed by atoms with Crippen LogP contribution in [0.3, 0.4) is 0 Å². The lowest BCUT2D eigenvalue weighted by atomic mass is 10.1. The lowest BCUT2D eigenvalue weighted by Crippen LogP contribution is -2.06. The van der Waals surface area contributed by atoms with Gasteiger partial charge in [0.25, 0.3) is 0 Å². The van der Waals surface area contributed by atoms with Crippen LogP contribution in [-0.2, 0) is 9.53 Å². The van der Waals surface area contributed by atoms with Gasteiger partial charge in [0.2, 0.25) is 6.10 Å². The van der Waals surface area contributed by atoms with E-state index in [-0.39, 0.29) is 0 Å². The second-order valence-corrected chi connectivity index (χ2v) is 2.67. The van der Waals surface area contributed by atoms with Crippen molar-refractivity contribution in [2.75, 3.05) is 0 Å². The van der Waals surface area contributed by atoms with Crippen molar-refractivity contribution >= 4 is 5.97 Å². The average molecular weight is 193 g/mol. The maximum Gasteiger partial charge on any atom is 0.304 e. The number of halogens is 1. The molecule has 0 saturated heterocycles. The first kappa shape index (κ1) is 10.2. The third-order valence-electron chi connectivity index (χ3n) is 1.55. The maximum absolute atomic E-state index is 12.8. The summed E-state index contributed by atoms with van der Waals surface area (Å²) >= 11 is 0. The second kappa shape index (κ2) is 4.38. The van der Waals surface area contributed by atoms with Crippen LogP contribution in [0.1, 0.15) is 18.6 Å². The van der Waals surface area contributed by atoms with Gasteiger partial charge in [-0.3, -0.25) is 4.79 Å². The number of esters is 1. The molecule has 3 nitrogen and oxygen atoms in total. The highest BCUT2D eigenvalue weighted by Gasteiger charge is 2.13. The van der Waals surface area contributed by atoms with E-state index in [0.717, 1.165) is 6.07 Å². The van der Waals surface area contributed by atoms with Crippen LogP contribution in [0.15, 0.2) is 24.3 Å². The maximum atomic E-state index is 12.8. The van der Waals surface area contributed by atoms with Crippen LogP contribution in [0.5, 0.6) is 0 Å². The van der Waals surface area contributed by atoms with Crippen molar-refractivity contribution < 1.29 is 13.9 Å². The van der Waals surface area contributed by atoms with Crippen LogP contribution >= 0.6 is 0 Å². The summed E-state index contributed by atoms with van der Waals surface area (Å²) in [7, 11) is 0. The van der Waals surface area contributed by atoms with Gasteiger partial charge in [-0.05, 0) is 12.1 Å². The molecule has 0 aromatic heterocycles. The van der Waals surface area contributed by atoms with Crippen molar-refractivity contribution in [2.24, 2.45) is 0 Å². The van der Waals surface area contributed by atoms with Crippen LogP contribution in [0, 0.1) is 17.1 Å². The zero-order chi connectivity index (χ0) is 10.6. The van der Waals surface area contributed by atoms with Crippen molar-refractivity contribution in [3.8, 4) is 6.07 Å². The Bertz CT molecular complexity index is 384. The standard InChI is InChI=1S/C10H8FNO2/c1-7(13)14-10(6-12)8-3-2-4-9(11)5-8/h2-5,10H,1H3/t10-/m0/s1. The SMILES string of the molecule is CC(=O)O[C@@H](C#N)c1cccc(F)c1. The van der Waals surface area contributed by atoms with Gasteiger partial charge >= 0.3 is 5.97 Å². The highest BCUT2D eigenvalue weighted by atomic mass is 19.1. The van der Waals surface area contributed by atoms with Crippen molar-refractivity contribution in [1.29, 1.82) is 5.26 Å². The van der Waals surface area contributed by atoms with Gasteiger partial charge in [0.1, 0.15) is 11.9 Å². The molecule has 1 atom stereocenters. The van der Waals surface area contributed by atoms with Gasteiger partial charge in [0.05, 0.1) is 0 Å². The Morgan fingerprint density at radius 3 is 2.86 bits per heavy atom. The fourth-order valence-corrected chi connectivity index (χ4v) is 1.00. The Labute approximate surface area is 80.7 Å². The molecule has 0 spiro atoms. The predicted octanol–water partition coefficient (Wildman–Crippen LogP) is 1.95. The molecule has 72 valence electrons. The second-order valence-electron chi connectivity index (χ2n) is 2.67. The number of ether oxygens (including phenoxy) is 1. The Morgan fingerprint density at radius 2 is 2.36 bits per heavy atom. The first-order valence-electron chi connectivity index (χ1n) is 3.96. The van der Waals surface area contributed by atoms with E-state index in [2.05, 4.69) is 4.74 Å². The Balaban J connectivity index is 2.90. The van der Waals surface area contributed by atoms with Gasteiger partial charge < -0.3 is 4.74 Å². The van der Waals surface area contributed by atoms with Crippen LogP contribution in [0.25, 0.3) is 0 Å². The van der Waals surface area contributed by atoms with E-state index in [4.69, 9.17) is 5.26 Å². The third kappa shape index (κ3) is 2.56. The van der Waals surface area contributed by atoms with Gasteiger partial charge in [-0.25, -0.2) is 4.39 Å². The molecule has 14 heavy (non-hydrogen) atoms. The zero-order valence-electron chi connectivity index (χ0n) is 7.53. The average Bonchev–Trinajstić information content (AvgIpc) is 2.14. The summed E-state index contributed by atoms with van der Waals surface area (Å²) < 4.78 is 17.4. The summed E-state index contributed by atoms with van der Waals surface area (Å²) in [6.45, 7) is 1.20. The van der Waals surface area contributed by atoms with Gasteiger partial charge in [-0.2, -0.15) is 5.26 Å². The molecular weight excluding hydrogens is 185 g/mol. The van der Waals surface area contributed by atoms with E-state index in [9.17, 15) is 9.18 Å². The minimum absolute atomic E-state index is 0.336. The highest BCUT2D eigenvalue weighted by molar-refractivity contribution is 5.66. The molecule has 0 bridgehead atoms. The lowest BCUT2D eigenvalue weighted by Gasteiger charge is -2.08. The number of hydrogen-bond donors (Lipinski definition) is 0. The van der Waals surface area contributed by atoms with E-state index in [1.165, 1.54) is 25.1 Å². The largest absolute Gasteiger partial charge is 0.442 e. The molecule has 0 amide bonds. The van der Waals surface area contributed by atoms with E-state index in [0.29, 0.717) is 5.56 Å². The monoisotopic (exact) mass is 193 g/mol. The van der Waals surface area contributed by atoms with Gasteiger partial charge in [0.15, 0.2) is 0 Å². The van der Waals surface area contributed by atoms with E-state index in [1.807, 2.05) is 0 Å². The first-order valence-corrected chi connectivity index (χ1v) is 3.96. The summed E-state index contributed by atoms with van der Waals surface area (Å²) in [5.41, 5.74) is 0.336. The molecule has 1 aromatic rings. The Kier molecular flexibility index (Phi) is 3.19. The Morgan fingerprint density at radius 1 is 1.64 bits per heavy atom. The van der Waals surface area contributed by atoms with Crippen LogP contribution in [0.2, 0.25) is 0 Å². The summed E-state index contributed by atoms with van der Waals surface area (Å²) in [6.07, 6.45) is -1.04. The predicted molar refractivity (Wildman–Crippen MR) is 46.5 cm³/mol. The van der Waals surface area contributed by atoms with E-state index >= 15 is 0 Å². The molecule has 1 aromatic carbocycles. The van der Waals surface area contributed by atoms with Gasteiger partial charge in [-0.1, -0.05) is 12.1 Å². The number of hydrogen-bond acceptors (Lipinski definition) is 3. The minimum Gasteiger partial charge on any atom is -0.442 e. The molecule has 0 radical (unpaired) electrons. The normalized spacial score (nSPS) is 11.5. The van der Waals surface area contributed by atoms with Gasteiger partial charge in [0, 0.05) is 12.5 Å². The Hall–Kier alpha value is -1.89. The van der Waals surface area contributed by atoms with Crippen molar-refractivity contribution in [3.63, 3.8) is 0 Å². The number of rotatable bonds is 2. The van der Waals surface area contributed by atoms with Crippen molar-refractivity contribution in [1.82, 2.24) is 0 Å². The minimum atomic E-state index is -1.04. The lowest BCUT2D eigenvalue weighted by molar-refractivity contribution is -0.144. The smallest absolute Gasteiger partial charge is 0.304 e. The van der Waals surface area contributed by atoms with E-state index < -0.39 is 17.9 Å². The molecule has 4 heteroatoms. The summed E-state index contributed by atoms with van der Waals surface area (Å²) in [6, 6.07) is 7.17. The van der Waals surface area contributed by atoms with Crippen molar-refractivity contribution in [3.05, 3.63) is 35.6 Å². The van der Waals surface area contributed by atoms with Gasteiger partial charge in [-0.15, -0.1) is 0 Å². The molecule has 0 saturated carbocycles. The topological polar surface area (TPSA) is 50.1 Å². The zero-order valence-corrected chi connectivity index (χ0v) is 7.53. The van der Waals surface area contributed by atoms with Crippen LogP contribution in [0.4, 0.5) is 4.39 Å². The summed E-state index contributed by atoms with van der Waals surface area (Å²) in [4.78, 5) is 10.6. The molecule has 0 N–H and O–H groups in total. The molecule has 0 aliphatic rings. The number of carbonyl (C=O) groups excluding carboxylic acids is 1. The highest BCUT2D eigenvalue weighted by Crippen LogP contribution is 2.17. The number of benzene rings is 1. The molecule has 0 unspecified atom stereocenters. The van der Waals surface area contributed by atoms with Crippen molar-refractivity contribution in [2.45, 2.75) is 13.0 Å². The fraction of sp³-hybridized carbons (Fsp3) is 0.200. The molecule has 0 heterocycles. The van der Waals surface area contributed by atoms with E-state index in [1.54, 1.807) is 6.07 Å². The number of nitriles is 1. The first-order chi connectivity index (χ1) is 6.63. The fourth-order valence-electron chi connectivity index (χ4n) is 1.00. The quantitative estimate of drug-likeness (QED) is 0.674. The number of carbonyl (C=O) groups is 1. The molecular formula is C10H8FNO2. The molecule has 1 rings (SSSR count). The molecule has 0 fully saturated rings. The summed E-state index contributed by atoms with van der Waals surface area (Å²) in [5, 5.41) is 8.67. The molecule has 0 aliphatic carbocycles. The molecule has 0 aliphatic heterocycles. The van der Waals surface area contributed by atoms with Crippen LogP contribution in [-0.4, -0.2) is 5.97 Å².